The van der Waals surface area contributed by atoms with E-state index in [9.17, 15) is 0 Å². The van der Waals surface area contributed by atoms with Crippen molar-refractivity contribution in [3.8, 4) is 56.8 Å². The summed E-state index contributed by atoms with van der Waals surface area (Å²) in [5.74, 6) is 2.86. The third-order valence-electron chi connectivity index (χ3n) is 10.9. The van der Waals surface area contributed by atoms with E-state index in [1.807, 2.05) is 54.2 Å². The number of furan rings is 1. The SMILES string of the molecule is C1=CC2Sc3cc(-c4nc(-c5ccccc5)nc(-c5ccc6c(c5)oc5c(-c7nc(-c8ccccc8)c8sc9ccccc9c8n7)cccc56)n4)ccc3C2C=C1. The Morgan fingerprint density at radius 3 is 2.05 bits per heavy atom. The number of thiophene rings is 1. The minimum Gasteiger partial charge on any atom is -0.455 e. The zero-order chi connectivity index (χ0) is 37.5. The van der Waals surface area contributed by atoms with E-state index in [1.54, 1.807) is 11.3 Å². The Morgan fingerprint density at radius 2 is 1.21 bits per heavy atom. The predicted octanol–water partition coefficient (Wildman–Crippen LogP) is 12.9. The highest BCUT2D eigenvalue weighted by molar-refractivity contribution is 8.00. The van der Waals surface area contributed by atoms with Gasteiger partial charge in [0.15, 0.2) is 23.3 Å². The minimum absolute atomic E-state index is 0.393. The summed E-state index contributed by atoms with van der Waals surface area (Å²) in [5, 5.41) is 3.54. The number of fused-ring (bicyclic) bond motifs is 9. The first-order valence-corrected chi connectivity index (χ1v) is 20.6. The second-order valence-corrected chi connectivity index (χ2v) is 16.6. The number of aromatic nitrogens is 5. The number of para-hydroxylation sites is 1. The van der Waals surface area contributed by atoms with Crippen molar-refractivity contribution >= 4 is 65.3 Å². The highest BCUT2D eigenvalue weighted by Crippen LogP contribution is 2.49. The van der Waals surface area contributed by atoms with Crippen molar-refractivity contribution in [1.82, 2.24) is 24.9 Å². The molecule has 0 amide bonds. The van der Waals surface area contributed by atoms with Gasteiger partial charge in [-0.05, 0) is 35.9 Å². The molecule has 1 aliphatic carbocycles. The molecule has 6 nitrogen and oxygen atoms in total. The lowest BCUT2D eigenvalue weighted by Gasteiger charge is -2.14. The summed E-state index contributed by atoms with van der Waals surface area (Å²) >= 11 is 3.64. The first-order valence-electron chi connectivity index (χ1n) is 18.9. The van der Waals surface area contributed by atoms with Crippen LogP contribution in [-0.4, -0.2) is 30.2 Å². The standard InChI is InChI=1S/C49H29N5OS2/c1-3-12-28(13-4-1)42-45-43(36-17-8-10-21-40(36)57-45)51-49(50-42)37-19-11-18-35-32-24-22-30(26-38(32)55-44(35)37)47-52-46(29-14-5-2-6-15-29)53-48(54-47)31-23-25-34-33-16-7-9-20-39(33)56-41(34)27-31/h1-27,33,39H. The molecule has 4 aromatic heterocycles. The maximum atomic E-state index is 6.79. The maximum Gasteiger partial charge on any atom is 0.164 e. The lowest BCUT2D eigenvalue weighted by Crippen LogP contribution is -2.06. The van der Waals surface area contributed by atoms with Crippen LogP contribution in [0, 0.1) is 0 Å². The number of thioether (sulfide) groups is 1. The summed E-state index contributed by atoms with van der Waals surface area (Å²) < 4.78 is 9.05. The molecule has 0 spiro atoms. The Morgan fingerprint density at radius 1 is 0.509 bits per heavy atom. The van der Waals surface area contributed by atoms with Crippen molar-refractivity contribution in [1.29, 1.82) is 0 Å². The Labute approximate surface area is 335 Å². The number of nitrogens with zero attached hydrogens (tertiary/aromatic N) is 5. The molecule has 2 unspecified atom stereocenters. The van der Waals surface area contributed by atoms with Gasteiger partial charge < -0.3 is 4.42 Å². The number of hydrogen-bond donors (Lipinski definition) is 0. The second kappa shape index (κ2) is 12.9. The Kier molecular flexibility index (Phi) is 7.36. The molecule has 0 saturated heterocycles. The van der Waals surface area contributed by atoms with Gasteiger partial charge in [0, 0.05) is 59.2 Å². The first kappa shape index (κ1) is 32.5. The zero-order valence-electron chi connectivity index (χ0n) is 30.2. The fourth-order valence-corrected chi connectivity index (χ4v) is 10.7. The van der Waals surface area contributed by atoms with Crippen molar-refractivity contribution in [2.24, 2.45) is 0 Å². The Balaban J connectivity index is 1.00. The van der Waals surface area contributed by atoms with Crippen molar-refractivity contribution in [2.45, 2.75) is 16.1 Å². The Hall–Kier alpha value is -6.74. The van der Waals surface area contributed by atoms with Gasteiger partial charge in [-0.25, -0.2) is 24.9 Å². The molecule has 0 radical (unpaired) electrons. The van der Waals surface area contributed by atoms with E-state index in [2.05, 4.69) is 121 Å². The van der Waals surface area contributed by atoms with Gasteiger partial charge in [0.05, 0.1) is 21.5 Å². The highest BCUT2D eigenvalue weighted by atomic mass is 32.2. The monoisotopic (exact) mass is 767 g/mol. The van der Waals surface area contributed by atoms with Gasteiger partial charge in [-0.2, -0.15) is 0 Å². The number of benzene rings is 6. The lowest BCUT2D eigenvalue weighted by molar-refractivity contribution is 0.669. The average molecular weight is 768 g/mol. The molecule has 0 fully saturated rings. The molecule has 10 aromatic rings. The van der Waals surface area contributed by atoms with Crippen molar-refractivity contribution in [3.63, 3.8) is 0 Å². The second-order valence-electron chi connectivity index (χ2n) is 14.3. The molecule has 12 rings (SSSR count). The van der Waals surface area contributed by atoms with Gasteiger partial charge >= 0.3 is 0 Å². The Bertz CT molecular complexity index is 3300. The first-order chi connectivity index (χ1) is 28.2. The van der Waals surface area contributed by atoms with Crippen LogP contribution in [0.4, 0.5) is 0 Å². The molecule has 57 heavy (non-hydrogen) atoms. The molecule has 6 aromatic carbocycles. The van der Waals surface area contributed by atoms with E-state index in [1.165, 1.54) is 15.2 Å². The quantitative estimate of drug-likeness (QED) is 0.173. The van der Waals surface area contributed by atoms with Gasteiger partial charge in [-0.15, -0.1) is 23.1 Å². The number of allylic oxidation sites excluding steroid dienone is 3. The summed E-state index contributed by atoms with van der Waals surface area (Å²) in [6.45, 7) is 0. The zero-order valence-corrected chi connectivity index (χ0v) is 31.8. The normalized spacial score (nSPS) is 15.9. The van der Waals surface area contributed by atoms with E-state index in [0.717, 1.165) is 71.1 Å². The smallest absolute Gasteiger partial charge is 0.164 e. The summed E-state index contributed by atoms with van der Waals surface area (Å²) in [6, 6.07) is 47.9. The third kappa shape index (κ3) is 5.36. The van der Waals surface area contributed by atoms with Gasteiger partial charge in [-0.1, -0.05) is 133 Å². The van der Waals surface area contributed by atoms with E-state index in [-0.39, 0.29) is 0 Å². The van der Waals surface area contributed by atoms with Crippen LogP contribution in [0.3, 0.4) is 0 Å². The molecule has 2 atom stereocenters. The van der Waals surface area contributed by atoms with Gasteiger partial charge in [-0.3, -0.25) is 0 Å². The molecular weight excluding hydrogens is 739 g/mol. The summed E-state index contributed by atoms with van der Waals surface area (Å²) in [7, 11) is 0. The molecule has 5 heterocycles. The van der Waals surface area contributed by atoms with Crippen molar-refractivity contribution < 1.29 is 4.42 Å². The largest absolute Gasteiger partial charge is 0.455 e. The molecule has 1 aliphatic heterocycles. The van der Waals surface area contributed by atoms with Gasteiger partial charge in [0.25, 0.3) is 0 Å². The lowest BCUT2D eigenvalue weighted by atomic mass is 9.92. The highest BCUT2D eigenvalue weighted by Gasteiger charge is 2.31. The fraction of sp³-hybridized carbons (Fsp3) is 0.0408. The molecular formula is C49H29N5OS2. The fourth-order valence-electron chi connectivity index (χ4n) is 8.14. The van der Waals surface area contributed by atoms with Crippen LogP contribution in [0.5, 0.6) is 0 Å². The van der Waals surface area contributed by atoms with Gasteiger partial charge in [0.2, 0.25) is 0 Å². The summed E-state index contributed by atoms with van der Waals surface area (Å²) in [4.78, 5) is 26.9. The van der Waals surface area contributed by atoms with Crippen LogP contribution in [0.1, 0.15) is 11.5 Å². The van der Waals surface area contributed by atoms with Gasteiger partial charge in [0.1, 0.15) is 11.2 Å². The average Bonchev–Trinajstić information content (AvgIpc) is 3.97. The minimum atomic E-state index is 0.393. The van der Waals surface area contributed by atoms with Crippen LogP contribution in [-0.2, 0) is 0 Å². The summed E-state index contributed by atoms with van der Waals surface area (Å²) in [6.07, 6.45) is 8.88. The topological polar surface area (TPSA) is 77.6 Å². The van der Waals surface area contributed by atoms with Crippen LogP contribution >= 0.6 is 23.1 Å². The number of hydrogen-bond acceptors (Lipinski definition) is 8. The van der Waals surface area contributed by atoms with E-state index in [4.69, 9.17) is 29.3 Å². The molecule has 2 aliphatic rings. The molecule has 0 bridgehead atoms. The van der Waals surface area contributed by atoms with E-state index >= 15 is 0 Å². The summed E-state index contributed by atoms with van der Waals surface area (Å²) in [5.41, 5.74) is 9.33. The maximum absolute atomic E-state index is 6.79. The molecule has 0 saturated carbocycles. The molecule has 0 N–H and O–H groups in total. The van der Waals surface area contributed by atoms with Crippen molar-refractivity contribution in [2.75, 3.05) is 0 Å². The van der Waals surface area contributed by atoms with Crippen LogP contribution in [0.25, 0.3) is 99.1 Å². The van der Waals surface area contributed by atoms with Crippen LogP contribution in [0.2, 0.25) is 0 Å². The van der Waals surface area contributed by atoms with Crippen LogP contribution < -0.4 is 0 Å². The molecule has 8 heteroatoms. The third-order valence-corrected chi connectivity index (χ3v) is 13.4. The van der Waals surface area contributed by atoms with Crippen molar-refractivity contribution in [3.05, 3.63) is 169 Å². The predicted molar refractivity (Wildman–Crippen MR) is 233 cm³/mol. The van der Waals surface area contributed by atoms with Crippen LogP contribution in [0.15, 0.2) is 173 Å². The number of rotatable bonds is 5. The van der Waals surface area contributed by atoms with E-state index in [0.29, 0.717) is 34.5 Å². The molecule has 268 valence electrons. The van der Waals surface area contributed by atoms with E-state index < -0.39 is 0 Å².